The average molecular weight is 512 g/mol. The lowest BCUT2D eigenvalue weighted by Crippen LogP contribution is -2.89. The quantitative estimate of drug-likeness (QED) is 0.434. The highest BCUT2D eigenvalue weighted by atomic mass is 79.9. The van der Waals surface area contributed by atoms with Gasteiger partial charge in [0.2, 0.25) is 0 Å². The number of ether oxygens (including phenoxy) is 3. The van der Waals surface area contributed by atoms with Crippen LogP contribution in [0.1, 0.15) is 35.8 Å². The lowest BCUT2D eigenvalue weighted by Gasteiger charge is -2.30. The summed E-state index contributed by atoms with van der Waals surface area (Å²) in [6, 6.07) is 19.5. The first-order valence-electron chi connectivity index (χ1n) is 10.8. The van der Waals surface area contributed by atoms with Crippen LogP contribution in [0.15, 0.2) is 71.2 Å². The molecule has 7 heteroatoms. The van der Waals surface area contributed by atoms with Crippen molar-refractivity contribution in [2.75, 3.05) is 20.8 Å². The van der Waals surface area contributed by atoms with Crippen molar-refractivity contribution in [1.29, 1.82) is 0 Å². The summed E-state index contributed by atoms with van der Waals surface area (Å²) in [6.07, 6.45) is 2.04. The Morgan fingerprint density at radius 3 is 2.45 bits per heavy atom. The molecule has 0 saturated heterocycles. The Hall–Kier alpha value is -3.16. The molecular weight excluding hydrogens is 484 g/mol. The van der Waals surface area contributed by atoms with E-state index in [0.29, 0.717) is 12.4 Å². The monoisotopic (exact) mass is 511 g/mol. The second-order valence-electron chi connectivity index (χ2n) is 7.67. The summed E-state index contributed by atoms with van der Waals surface area (Å²) in [4.78, 5) is 0. The Morgan fingerprint density at radius 1 is 1.00 bits per heavy atom. The Kier molecular flexibility index (Phi) is 7.11. The second-order valence-corrected chi connectivity index (χ2v) is 8.52. The third kappa shape index (κ3) is 4.94. The molecule has 0 radical (unpaired) electrons. The van der Waals surface area contributed by atoms with Crippen molar-refractivity contribution in [3.63, 3.8) is 0 Å². The third-order valence-corrected chi connectivity index (χ3v) is 6.30. The van der Waals surface area contributed by atoms with E-state index in [1.165, 1.54) is 0 Å². The molecule has 4 N–H and O–H groups in total. The maximum absolute atomic E-state index is 10.9. The number of methoxy groups -OCH3 is 2. The molecule has 33 heavy (non-hydrogen) atoms. The van der Waals surface area contributed by atoms with E-state index in [2.05, 4.69) is 38.7 Å². The summed E-state index contributed by atoms with van der Waals surface area (Å²) < 4.78 is 17.2. The smallest absolute Gasteiger partial charge is 0.186 e. The van der Waals surface area contributed by atoms with E-state index in [4.69, 9.17) is 14.2 Å². The molecule has 0 amide bonds. The number of para-hydroxylation sites is 1. The van der Waals surface area contributed by atoms with Gasteiger partial charge in [-0.25, -0.2) is 0 Å². The van der Waals surface area contributed by atoms with Crippen LogP contribution >= 0.6 is 15.9 Å². The summed E-state index contributed by atoms with van der Waals surface area (Å²) in [7, 11) is 3.31. The number of phenolic OH excluding ortho intramolecular Hbond substituents is 1. The van der Waals surface area contributed by atoms with Gasteiger partial charge >= 0.3 is 0 Å². The van der Waals surface area contributed by atoms with Crippen molar-refractivity contribution in [3.05, 3.63) is 87.9 Å². The predicted molar refractivity (Wildman–Crippen MR) is 131 cm³/mol. The topological polar surface area (TPSA) is 76.6 Å². The van der Waals surface area contributed by atoms with Gasteiger partial charge in [0.1, 0.15) is 17.5 Å². The number of phenols is 1. The van der Waals surface area contributed by atoms with Crippen molar-refractivity contribution in [3.8, 4) is 23.0 Å². The first-order valence-corrected chi connectivity index (χ1v) is 11.6. The van der Waals surface area contributed by atoms with Gasteiger partial charge in [0.05, 0.1) is 30.9 Å². The molecule has 3 aromatic carbocycles. The molecule has 0 aliphatic carbocycles. The van der Waals surface area contributed by atoms with Crippen LogP contribution < -0.4 is 24.8 Å². The van der Waals surface area contributed by atoms with E-state index in [-0.39, 0.29) is 18.0 Å². The number of nitrogens with two attached hydrogens (primary N) is 1. The lowest BCUT2D eigenvalue weighted by molar-refractivity contribution is -0.731. The molecule has 0 fully saturated rings. The number of hydrogen-bond acceptors (Lipinski definition) is 5. The summed E-state index contributed by atoms with van der Waals surface area (Å²) in [6.45, 7) is 2.39. The zero-order chi connectivity index (χ0) is 23.4. The van der Waals surface area contributed by atoms with Crippen LogP contribution in [-0.2, 0) is 0 Å². The van der Waals surface area contributed by atoms with Crippen LogP contribution in [0.5, 0.6) is 23.0 Å². The van der Waals surface area contributed by atoms with Crippen molar-refractivity contribution in [2.24, 2.45) is 0 Å². The van der Waals surface area contributed by atoms with Gasteiger partial charge in [-0.05, 0) is 83.0 Å². The van der Waals surface area contributed by atoms with Crippen LogP contribution in [0.4, 0.5) is 0 Å². The summed E-state index contributed by atoms with van der Waals surface area (Å²) in [5.74, 6) is 2.24. The van der Waals surface area contributed by atoms with Crippen LogP contribution in [0.2, 0.25) is 0 Å². The second kappa shape index (κ2) is 10.2. The minimum absolute atomic E-state index is 0.0885. The van der Waals surface area contributed by atoms with Gasteiger partial charge in [-0.1, -0.05) is 6.07 Å². The Labute approximate surface area is 202 Å². The molecule has 1 aliphatic rings. The fourth-order valence-electron chi connectivity index (χ4n) is 4.00. The van der Waals surface area contributed by atoms with E-state index in [9.17, 15) is 5.11 Å². The molecular formula is C26H28BrN2O4+. The predicted octanol–water partition coefficient (Wildman–Crippen LogP) is 4.52. The number of aromatic hydroxyl groups is 1. The minimum Gasteiger partial charge on any atom is -0.504 e. The van der Waals surface area contributed by atoms with Gasteiger partial charge in [-0.15, -0.1) is 0 Å². The first kappa shape index (κ1) is 23.0. The van der Waals surface area contributed by atoms with Crippen molar-refractivity contribution in [2.45, 2.75) is 19.1 Å². The molecule has 0 aromatic heterocycles. The van der Waals surface area contributed by atoms with Crippen LogP contribution in [0, 0.1) is 0 Å². The third-order valence-electron chi connectivity index (χ3n) is 5.68. The molecule has 4 rings (SSSR count). The van der Waals surface area contributed by atoms with Gasteiger partial charge in [0.15, 0.2) is 17.7 Å². The molecule has 2 atom stereocenters. The van der Waals surface area contributed by atoms with Gasteiger partial charge in [0.25, 0.3) is 0 Å². The SMILES string of the molecule is CCOc1cccc(C2C=C(c3ccc(OC)cc3)NC(c3ccc(OC)c(Br)c3)[NH2+]2)c1O. The molecule has 172 valence electrons. The number of benzene rings is 3. The van der Waals surface area contributed by atoms with E-state index < -0.39 is 0 Å². The van der Waals surface area contributed by atoms with E-state index >= 15 is 0 Å². The first-order chi connectivity index (χ1) is 16.0. The zero-order valence-corrected chi connectivity index (χ0v) is 20.4. The maximum atomic E-state index is 10.9. The largest absolute Gasteiger partial charge is 0.504 e. The van der Waals surface area contributed by atoms with Gasteiger partial charge in [-0.3, -0.25) is 0 Å². The Bertz CT molecular complexity index is 1150. The highest BCUT2D eigenvalue weighted by molar-refractivity contribution is 9.10. The number of hydrogen-bond donors (Lipinski definition) is 3. The Morgan fingerprint density at radius 2 is 1.79 bits per heavy atom. The summed E-state index contributed by atoms with van der Waals surface area (Å²) >= 11 is 3.60. The standard InChI is InChI=1S/C26H27BrN2O4/c1-4-33-24-7-5-6-19(25(24)30)22-15-21(16-8-11-18(31-2)12-9-16)28-26(29-22)17-10-13-23(32-3)20(27)14-17/h5-15,22,26,28-30H,4H2,1-3H3/p+1. The van der Waals surface area contributed by atoms with Gasteiger partial charge in [0, 0.05) is 17.3 Å². The summed E-state index contributed by atoms with van der Waals surface area (Å²) in [5.41, 5.74) is 3.88. The lowest BCUT2D eigenvalue weighted by atomic mass is 9.97. The highest BCUT2D eigenvalue weighted by Gasteiger charge is 2.30. The molecule has 6 nitrogen and oxygen atoms in total. The fourth-order valence-corrected chi connectivity index (χ4v) is 4.56. The molecule has 1 aliphatic heterocycles. The van der Waals surface area contributed by atoms with E-state index in [0.717, 1.165) is 38.4 Å². The molecule has 3 aromatic rings. The van der Waals surface area contributed by atoms with Crippen molar-refractivity contribution >= 4 is 21.6 Å². The van der Waals surface area contributed by atoms with Gasteiger partial charge < -0.3 is 30.0 Å². The normalized spacial score (nSPS) is 17.6. The fraction of sp³-hybridized carbons (Fsp3) is 0.231. The molecule has 0 spiro atoms. The minimum atomic E-state index is -0.130. The highest BCUT2D eigenvalue weighted by Crippen LogP contribution is 2.36. The number of nitrogens with one attached hydrogen (secondary N) is 1. The molecule has 0 bridgehead atoms. The number of rotatable bonds is 7. The van der Waals surface area contributed by atoms with Crippen LogP contribution in [0.3, 0.4) is 0 Å². The van der Waals surface area contributed by atoms with Crippen molar-refractivity contribution in [1.82, 2.24) is 5.32 Å². The molecule has 0 saturated carbocycles. The van der Waals surface area contributed by atoms with Gasteiger partial charge in [-0.2, -0.15) is 0 Å². The van der Waals surface area contributed by atoms with E-state index in [1.54, 1.807) is 20.3 Å². The van der Waals surface area contributed by atoms with Crippen LogP contribution in [0.25, 0.3) is 5.70 Å². The molecule has 1 heterocycles. The molecule has 2 unspecified atom stereocenters. The Balaban J connectivity index is 1.75. The average Bonchev–Trinajstić information content (AvgIpc) is 2.85. The van der Waals surface area contributed by atoms with Crippen molar-refractivity contribution < 1.29 is 24.6 Å². The van der Waals surface area contributed by atoms with E-state index in [1.807, 2.05) is 55.5 Å². The summed E-state index contributed by atoms with van der Waals surface area (Å²) in [5, 5.41) is 16.8. The number of halogens is 1. The zero-order valence-electron chi connectivity index (χ0n) is 18.8. The number of quaternary nitrogens is 1. The van der Waals surface area contributed by atoms with Crippen LogP contribution in [-0.4, -0.2) is 25.9 Å². The maximum Gasteiger partial charge on any atom is 0.186 e.